The molecule has 13 heavy (non-hydrogen) atoms. The van der Waals surface area contributed by atoms with Crippen molar-refractivity contribution in [2.24, 2.45) is 0 Å². The van der Waals surface area contributed by atoms with E-state index in [4.69, 9.17) is 11.5 Å². The minimum absolute atomic E-state index is 0.109. The molecule has 5 heteroatoms. The van der Waals surface area contributed by atoms with Gasteiger partial charge in [0.05, 0.1) is 5.56 Å². The lowest BCUT2D eigenvalue weighted by atomic mass is 9.88. The first-order valence-electron chi connectivity index (χ1n) is 3.91. The fraction of sp³-hybridized carbons (Fsp3) is 0.500. The molecule has 0 atom stereocenters. The first kappa shape index (κ1) is 9.70. The van der Waals surface area contributed by atoms with Gasteiger partial charge < -0.3 is 11.5 Å². The van der Waals surface area contributed by atoms with E-state index in [2.05, 4.69) is 9.97 Å². The van der Waals surface area contributed by atoms with Crippen LogP contribution < -0.4 is 11.5 Å². The molecule has 0 saturated carbocycles. The zero-order valence-corrected chi connectivity index (χ0v) is 7.93. The van der Waals surface area contributed by atoms with Gasteiger partial charge in [-0.05, 0) is 5.41 Å². The summed E-state index contributed by atoms with van der Waals surface area (Å²) in [6.45, 7) is 5.50. The van der Waals surface area contributed by atoms with Gasteiger partial charge in [-0.3, -0.25) is 0 Å². The number of nitrogen functional groups attached to an aromatic ring is 2. The van der Waals surface area contributed by atoms with Crippen molar-refractivity contribution in [1.82, 2.24) is 9.97 Å². The number of nitrogens with zero attached hydrogens (tertiary/aromatic N) is 2. The third-order valence-electron chi connectivity index (χ3n) is 1.66. The molecule has 0 unspecified atom stereocenters. The van der Waals surface area contributed by atoms with Crippen LogP contribution in [0.4, 0.5) is 16.2 Å². The second kappa shape index (κ2) is 2.83. The van der Waals surface area contributed by atoms with E-state index in [-0.39, 0.29) is 11.8 Å². The van der Waals surface area contributed by atoms with Crippen molar-refractivity contribution < 1.29 is 4.39 Å². The summed E-state index contributed by atoms with van der Waals surface area (Å²) in [5.41, 5.74) is 10.7. The molecule has 72 valence electrons. The normalized spacial score (nSPS) is 11.7. The minimum atomic E-state index is -0.641. The van der Waals surface area contributed by atoms with E-state index in [0.717, 1.165) is 0 Å². The van der Waals surface area contributed by atoms with Gasteiger partial charge in [0, 0.05) is 0 Å². The summed E-state index contributed by atoms with van der Waals surface area (Å²) in [6, 6.07) is 0. The van der Waals surface area contributed by atoms with Crippen LogP contribution in [0.2, 0.25) is 0 Å². The van der Waals surface area contributed by atoms with Gasteiger partial charge in [0.2, 0.25) is 11.9 Å². The highest BCUT2D eigenvalue weighted by Gasteiger charge is 2.23. The molecular weight excluding hydrogens is 171 g/mol. The molecule has 4 N–H and O–H groups in total. The van der Waals surface area contributed by atoms with Gasteiger partial charge in [-0.1, -0.05) is 20.8 Å². The maximum atomic E-state index is 13.3. The summed E-state index contributed by atoms with van der Waals surface area (Å²) in [7, 11) is 0. The molecular formula is C8H13FN4. The van der Waals surface area contributed by atoms with Crippen molar-refractivity contribution in [2.45, 2.75) is 26.2 Å². The zero-order chi connectivity index (χ0) is 10.2. The van der Waals surface area contributed by atoms with Gasteiger partial charge in [0.25, 0.3) is 0 Å². The quantitative estimate of drug-likeness (QED) is 0.591. The monoisotopic (exact) mass is 184 g/mol. The highest BCUT2D eigenvalue weighted by atomic mass is 19.1. The Kier molecular flexibility index (Phi) is 2.11. The lowest BCUT2D eigenvalue weighted by Crippen LogP contribution is -2.19. The Morgan fingerprint density at radius 1 is 1.15 bits per heavy atom. The number of hydrogen-bond donors (Lipinski definition) is 2. The van der Waals surface area contributed by atoms with Crippen LogP contribution in [0.3, 0.4) is 0 Å². The highest BCUT2D eigenvalue weighted by molar-refractivity contribution is 5.45. The van der Waals surface area contributed by atoms with E-state index in [1.165, 1.54) is 0 Å². The minimum Gasteiger partial charge on any atom is -0.383 e. The number of anilines is 2. The van der Waals surface area contributed by atoms with Gasteiger partial charge in [0.15, 0.2) is 0 Å². The Morgan fingerprint density at radius 3 is 2.08 bits per heavy atom. The van der Waals surface area contributed by atoms with Crippen molar-refractivity contribution in [1.29, 1.82) is 0 Å². The van der Waals surface area contributed by atoms with Gasteiger partial charge >= 0.3 is 0 Å². The van der Waals surface area contributed by atoms with Crippen molar-refractivity contribution in [3.8, 4) is 0 Å². The summed E-state index contributed by atoms with van der Waals surface area (Å²) >= 11 is 0. The van der Waals surface area contributed by atoms with Crippen LogP contribution >= 0.6 is 0 Å². The second-order valence-electron chi connectivity index (χ2n) is 3.88. The number of aromatic nitrogens is 2. The van der Waals surface area contributed by atoms with Gasteiger partial charge in [-0.15, -0.1) is 0 Å². The largest absolute Gasteiger partial charge is 0.383 e. The van der Waals surface area contributed by atoms with E-state index < -0.39 is 11.4 Å². The van der Waals surface area contributed by atoms with Gasteiger partial charge in [-0.2, -0.15) is 14.4 Å². The van der Waals surface area contributed by atoms with Crippen LogP contribution in [0.1, 0.15) is 26.3 Å². The Morgan fingerprint density at radius 2 is 1.69 bits per heavy atom. The molecule has 0 aliphatic rings. The first-order valence-corrected chi connectivity index (χ1v) is 3.91. The van der Waals surface area contributed by atoms with E-state index in [9.17, 15) is 4.39 Å². The van der Waals surface area contributed by atoms with Gasteiger partial charge in [-0.25, -0.2) is 0 Å². The topological polar surface area (TPSA) is 77.8 Å². The lowest BCUT2D eigenvalue weighted by molar-refractivity contribution is 0.499. The van der Waals surface area contributed by atoms with Crippen molar-refractivity contribution in [3.05, 3.63) is 11.5 Å². The molecule has 0 aromatic carbocycles. The van der Waals surface area contributed by atoms with E-state index in [1.54, 1.807) is 0 Å². The Balaban J connectivity index is 3.38. The SMILES string of the molecule is CC(C)(C)c1c(N)nc(N)nc1F. The molecule has 1 heterocycles. The number of halogens is 1. The summed E-state index contributed by atoms with van der Waals surface area (Å²) in [5.74, 6) is -0.669. The van der Waals surface area contributed by atoms with Crippen LogP contribution in [0, 0.1) is 5.95 Å². The summed E-state index contributed by atoms with van der Waals surface area (Å²) in [5, 5.41) is 0. The number of rotatable bonds is 0. The predicted molar refractivity (Wildman–Crippen MR) is 49.5 cm³/mol. The summed E-state index contributed by atoms with van der Waals surface area (Å²) in [6.07, 6.45) is 0. The van der Waals surface area contributed by atoms with Crippen LogP contribution in [0.5, 0.6) is 0 Å². The molecule has 0 bridgehead atoms. The molecule has 0 radical (unpaired) electrons. The average molecular weight is 184 g/mol. The average Bonchev–Trinajstić information content (AvgIpc) is 1.78. The zero-order valence-electron chi connectivity index (χ0n) is 7.93. The van der Waals surface area contributed by atoms with Crippen LogP contribution in [-0.2, 0) is 5.41 Å². The van der Waals surface area contributed by atoms with Crippen LogP contribution in [0.25, 0.3) is 0 Å². The van der Waals surface area contributed by atoms with E-state index >= 15 is 0 Å². The van der Waals surface area contributed by atoms with Gasteiger partial charge in [0.1, 0.15) is 5.82 Å². The third kappa shape index (κ3) is 1.85. The molecule has 0 amide bonds. The molecule has 4 nitrogen and oxygen atoms in total. The fourth-order valence-electron chi connectivity index (χ4n) is 1.16. The predicted octanol–water partition coefficient (Wildman–Crippen LogP) is 1.08. The van der Waals surface area contributed by atoms with E-state index in [0.29, 0.717) is 5.56 Å². The molecule has 1 aromatic rings. The second-order valence-corrected chi connectivity index (χ2v) is 3.88. The molecule has 1 rings (SSSR count). The van der Waals surface area contributed by atoms with Crippen molar-refractivity contribution >= 4 is 11.8 Å². The lowest BCUT2D eigenvalue weighted by Gasteiger charge is -2.20. The van der Waals surface area contributed by atoms with Crippen LogP contribution in [0.15, 0.2) is 0 Å². The molecule has 0 aliphatic carbocycles. The Labute approximate surface area is 76.2 Å². The maximum Gasteiger partial charge on any atom is 0.224 e. The first-order chi connectivity index (χ1) is 5.82. The van der Waals surface area contributed by atoms with Crippen LogP contribution in [-0.4, -0.2) is 9.97 Å². The molecule has 0 aliphatic heterocycles. The summed E-state index contributed by atoms with van der Waals surface area (Å²) in [4.78, 5) is 7.13. The fourth-order valence-corrected chi connectivity index (χ4v) is 1.16. The molecule has 0 spiro atoms. The standard InChI is InChI=1S/C8H13FN4/c1-8(2,3)4-5(9)12-7(11)13-6(4)10/h1-3H3,(H4,10,11,12,13). The summed E-state index contributed by atoms with van der Waals surface area (Å²) < 4.78 is 13.3. The Bertz CT molecular complexity index is 306. The maximum absolute atomic E-state index is 13.3. The highest BCUT2D eigenvalue weighted by Crippen LogP contribution is 2.28. The van der Waals surface area contributed by atoms with E-state index in [1.807, 2.05) is 20.8 Å². The van der Waals surface area contributed by atoms with Crippen molar-refractivity contribution in [3.63, 3.8) is 0 Å². The molecule has 1 aromatic heterocycles. The third-order valence-corrected chi connectivity index (χ3v) is 1.66. The number of hydrogen-bond acceptors (Lipinski definition) is 4. The number of nitrogens with two attached hydrogens (primary N) is 2. The smallest absolute Gasteiger partial charge is 0.224 e. The molecule has 0 fully saturated rings. The van der Waals surface area contributed by atoms with Crippen molar-refractivity contribution in [2.75, 3.05) is 11.5 Å². The Hall–Kier alpha value is -1.39. The molecule has 0 saturated heterocycles.